The van der Waals surface area contributed by atoms with Crippen LogP contribution in [0.2, 0.25) is 0 Å². The summed E-state index contributed by atoms with van der Waals surface area (Å²) in [4.78, 5) is 19.0. The third-order valence-electron chi connectivity index (χ3n) is 2.98. The summed E-state index contributed by atoms with van der Waals surface area (Å²) in [5.74, 6) is 0.869. The van der Waals surface area contributed by atoms with E-state index in [9.17, 15) is 4.79 Å². The van der Waals surface area contributed by atoms with Crippen LogP contribution in [0, 0.1) is 6.92 Å². The Kier molecular flexibility index (Phi) is 4.23. The van der Waals surface area contributed by atoms with Crippen LogP contribution in [0.25, 0.3) is 0 Å². The number of nitrogens with zero attached hydrogens (tertiary/aromatic N) is 1. The van der Waals surface area contributed by atoms with Gasteiger partial charge in [-0.2, -0.15) is 0 Å². The van der Waals surface area contributed by atoms with Gasteiger partial charge in [0, 0.05) is 23.6 Å². The minimum Gasteiger partial charge on any atom is -0.377 e. The Labute approximate surface area is 105 Å². The molecular weight excluding hydrogens is 236 g/mol. The van der Waals surface area contributed by atoms with Crippen molar-refractivity contribution < 1.29 is 4.74 Å². The van der Waals surface area contributed by atoms with Crippen LogP contribution < -0.4 is 5.56 Å². The number of aryl methyl sites for hydroxylation is 1. The summed E-state index contributed by atoms with van der Waals surface area (Å²) in [6.07, 6.45) is 3.30. The fourth-order valence-electron chi connectivity index (χ4n) is 2.02. The molecule has 1 aromatic rings. The van der Waals surface area contributed by atoms with Crippen LogP contribution in [-0.4, -0.2) is 28.4 Å². The zero-order valence-corrected chi connectivity index (χ0v) is 11.1. The lowest BCUT2D eigenvalue weighted by atomic mass is 10.2. The lowest BCUT2D eigenvalue weighted by molar-refractivity contribution is 0.129. The molecule has 0 saturated carbocycles. The number of ether oxygens (including phenoxy) is 1. The first kappa shape index (κ1) is 12.6. The number of hydrogen-bond donors (Lipinski definition) is 1. The van der Waals surface area contributed by atoms with E-state index in [-0.39, 0.29) is 5.56 Å². The quantitative estimate of drug-likeness (QED) is 0.659. The number of thioether (sulfide) groups is 1. The van der Waals surface area contributed by atoms with Crippen LogP contribution >= 0.6 is 11.8 Å². The highest BCUT2D eigenvalue weighted by Crippen LogP contribution is 2.20. The molecule has 1 aliphatic rings. The maximum atomic E-state index is 11.7. The van der Waals surface area contributed by atoms with Gasteiger partial charge in [0.05, 0.1) is 6.10 Å². The van der Waals surface area contributed by atoms with Crippen molar-refractivity contribution in [2.75, 3.05) is 12.4 Å². The lowest BCUT2D eigenvalue weighted by Gasteiger charge is -2.09. The molecule has 1 atom stereocenters. The molecule has 5 heteroatoms. The summed E-state index contributed by atoms with van der Waals surface area (Å²) >= 11 is 1.57. The minimum absolute atomic E-state index is 0.00478. The Morgan fingerprint density at radius 2 is 2.41 bits per heavy atom. The van der Waals surface area contributed by atoms with Gasteiger partial charge in [0.2, 0.25) is 0 Å². The van der Waals surface area contributed by atoms with Crippen molar-refractivity contribution in [3.8, 4) is 0 Å². The molecule has 0 bridgehead atoms. The molecule has 1 unspecified atom stereocenters. The number of aromatic nitrogens is 2. The first-order valence-corrected chi connectivity index (χ1v) is 7.03. The van der Waals surface area contributed by atoms with E-state index in [1.54, 1.807) is 11.8 Å². The van der Waals surface area contributed by atoms with E-state index in [1.165, 1.54) is 0 Å². The predicted octanol–water partition coefficient (Wildman–Crippen LogP) is 1.91. The van der Waals surface area contributed by atoms with Crippen molar-refractivity contribution in [1.29, 1.82) is 0 Å². The van der Waals surface area contributed by atoms with Crippen LogP contribution in [-0.2, 0) is 11.2 Å². The third kappa shape index (κ3) is 3.10. The highest BCUT2D eigenvalue weighted by Gasteiger charge is 2.16. The topological polar surface area (TPSA) is 55.0 Å². The average molecular weight is 254 g/mol. The SMILES string of the molecule is CCc1c(C)nc(SCC2CCCO2)[nH]c1=O. The maximum Gasteiger partial charge on any atom is 0.254 e. The number of rotatable bonds is 4. The smallest absolute Gasteiger partial charge is 0.254 e. The monoisotopic (exact) mass is 254 g/mol. The van der Waals surface area contributed by atoms with Gasteiger partial charge < -0.3 is 9.72 Å². The van der Waals surface area contributed by atoms with Crippen molar-refractivity contribution in [2.24, 2.45) is 0 Å². The highest BCUT2D eigenvalue weighted by molar-refractivity contribution is 7.99. The molecule has 0 aromatic carbocycles. The number of H-pyrrole nitrogens is 1. The molecule has 0 radical (unpaired) electrons. The van der Waals surface area contributed by atoms with E-state index < -0.39 is 0 Å². The molecule has 0 spiro atoms. The number of hydrogen-bond acceptors (Lipinski definition) is 4. The molecule has 0 amide bonds. The van der Waals surface area contributed by atoms with Gasteiger partial charge in [0.25, 0.3) is 5.56 Å². The van der Waals surface area contributed by atoms with Crippen LogP contribution in [0.15, 0.2) is 9.95 Å². The minimum atomic E-state index is -0.00478. The van der Waals surface area contributed by atoms with Crippen molar-refractivity contribution in [3.63, 3.8) is 0 Å². The van der Waals surface area contributed by atoms with Crippen LogP contribution in [0.5, 0.6) is 0 Å². The Hall–Kier alpha value is -0.810. The highest BCUT2D eigenvalue weighted by atomic mass is 32.2. The molecule has 4 nitrogen and oxygen atoms in total. The van der Waals surface area contributed by atoms with Crippen molar-refractivity contribution in [2.45, 2.75) is 44.4 Å². The van der Waals surface area contributed by atoms with Gasteiger partial charge in [0.1, 0.15) is 0 Å². The fourth-order valence-corrected chi connectivity index (χ4v) is 2.99. The average Bonchev–Trinajstić information content (AvgIpc) is 2.79. The van der Waals surface area contributed by atoms with Crippen LogP contribution in [0.4, 0.5) is 0 Å². The van der Waals surface area contributed by atoms with E-state index in [0.29, 0.717) is 11.3 Å². The Morgan fingerprint density at radius 1 is 1.59 bits per heavy atom. The van der Waals surface area contributed by atoms with Gasteiger partial charge in [-0.05, 0) is 26.2 Å². The summed E-state index contributed by atoms with van der Waals surface area (Å²) in [7, 11) is 0. The van der Waals surface area contributed by atoms with E-state index in [2.05, 4.69) is 9.97 Å². The summed E-state index contributed by atoms with van der Waals surface area (Å²) in [5.41, 5.74) is 1.62. The molecule has 1 saturated heterocycles. The molecule has 17 heavy (non-hydrogen) atoms. The summed E-state index contributed by atoms with van der Waals surface area (Å²) in [5, 5.41) is 0.709. The Bertz CT molecular complexity index is 439. The van der Waals surface area contributed by atoms with Gasteiger partial charge in [-0.25, -0.2) is 4.98 Å². The van der Waals surface area contributed by atoms with Crippen molar-refractivity contribution >= 4 is 11.8 Å². The van der Waals surface area contributed by atoms with Gasteiger partial charge >= 0.3 is 0 Å². The molecule has 1 fully saturated rings. The Balaban J connectivity index is 2.03. The third-order valence-corrected chi connectivity index (χ3v) is 3.99. The van der Waals surface area contributed by atoms with Gasteiger partial charge in [-0.1, -0.05) is 18.7 Å². The largest absolute Gasteiger partial charge is 0.377 e. The second-order valence-electron chi connectivity index (χ2n) is 4.23. The van der Waals surface area contributed by atoms with E-state index in [1.807, 2.05) is 13.8 Å². The zero-order chi connectivity index (χ0) is 12.3. The van der Waals surface area contributed by atoms with Gasteiger partial charge in [0.15, 0.2) is 5.16 Å². The van der Waals surface area contributed by atoms with E-state index in [0.717, 1.165) is 42.9 Å². The maximum absolute atomic E-state index is 11.7. The fraction of sp³-hybridized carbons (Fsp3) is 0.667. The van der Waals surface area contributed by atoms with Gasteiger partial charge in [-0.15, -0.1) is 0 Å². The van der Waals surface area contributed by atoms with Crippen molar-refractivity contribution in [1.82, 2.24) is 9.97 Å². The molecule has 1 N–H and O–H groups in total. The van der Waals surface area contributed by atoms with E-state index >= 15 is 0 Å². The summed E-state index contributed by atoms with van der Waals surface area (Å²) in [6, 6.07) is 0. The standard InChI is InChI=1S/C12H18N2O2S/c1-3-10-8(2)13-12(14-11(10)15)17-7-9-5-4-6-16-9/h9H,3-7H2,1-2H3,(H,13,14,15). The lowest BCUT2D eigenvalue weighted by Crippen LogP contribution is -2.17. The summed E-state index contributed by atoms with van der Waals surface area (Å²) < 4.78 is 5.54. The zero-order valence-electron chi connectivity index (χ0n) is 10.3. The first-order chi connectivity index (χ1) is 8.20. The van der Waals surface area contributed by atoms with Crippen LogP contribution in [0.3, 0.4) is 0 Å². The van der Waals surface area contributed by atoms with E-state index in [4.69, 9.17) is 4.74 Å². The molecule has 1 aliphatic heterocycles. The molecule has 2 heterocycles. The second-order valence-corrected chi connectivity index (χ2v) is 5.24. The molecule has 0 aliphatic carbocycles. The summed E-state index contributed by atoms with van der Waals surface area (Å²) in [6.45, 7) is 4.73. The molecule has 2 rings (SSSR count). The first-order valence-electron chi connectivity index (χ1n) is 6.05. The second kappa shape index (κ2) is 5.69. The molecule has 1 aromatic heterocycles. The Morgan fingerprint density at radius 3 is 3.00 bits per heavy atom. The number of nitrogens with one attached hydrogen (secondary N) is 1. The van der Waals surface area contributed by atoms with Crippen molar-refractivity contribution in [3.05, 3.63) is 21.6 Å². The van der Waals surface area contributed by atoms with Crippen LogP contribution in [0.1, 0.15) is 31.0 Å². The van der Waals surface area contributed by atoms with Gasteiger partial charge in [-0.3, -0.25) is 4.79 Å². The number of aromatic amines is 1. The molecular formula is C12H18N2O2S. The normalized spacial score (nSPS) is 19.8. The predicted molar refractivity (Wildman–Crippen MR) is 68.7 cm³/mol. The molecule has 94 valence electrons.